The Bertz CT molecular complexity index is 313. The molecule has 1 aliphatic heterocycles. The van der Waals surface area contributed by atoms with Crippen molar-refractivity contribution in [3.63, 3.8) is 0 Å². The van der Waals surface area contributed by atoms with E-state index in [4.69, 9.17) is 9.31 Å². The first-order valence-corrected chi connectivity index (χ1v) is 3.95. The summed E-state index contributed by atoms with van der Waals surface area (Å²) in [5.41, 5.74) is 0.123. The maximum atomic E-state index is 13.1. The summed E-state index contributed by atoms with van der Waals surface area (Å²) in [4.78, 5) is 0. The van der Waals surface area contributed by atoms with E-state index in [2.05, 4.69) is 0 Å². The van der Waals surface area contributed by atoms with E-state index < -0.39 is 18.8 Å². The lowest BCUT2D eigenvalue weighted by Gasteiger charge is -2.04. The molecule has 0 aliphatic carbocycles. The van der Waals surface area contributed by atoms with Gasteiger partial charge in [0.05, 0.1) is 13.2 Å². The molecule has 2 rings (SSSR count). The first kappa shape index (κ1) is 8.65. The minimum absolute atomic E-state index is 0.123. The Morgan fingerprint density at radius 1 is 1.15 bits per heavy atom. The van der Waals surface area contributed by atoms with Gasteiger partial charge in [0.2, 0.25) is 0 Å². The summed E-state index contributed by atoms with van der Waals surface area (Å²) in [5.74, 6) is -0.996. The number of halogens is 2. The predicted octanol–water partition coefficient (Wildman–Crippen LogP) is 0.707. The molecule has 13 heavy (non-hydrogen) atoms. The van der Waals surface area contributed by atoms with E-state index in [1.807, 2.05) is 0 Å². The van der Waals surface area contributed by atoms with Crippen LogP contribution in [-0.4, -0.2) is 20.3 Å². The highest BCUT2D eigenvalue weighted by Crippen LogP contribution is 2.05. The molecule has 1 aliphatic rings. The molecule has 1 aromatic rings. The first-order valence-electron chi connectivity index (χ1n) is 3.95. The fraction of sp³-hybridized carbons (Fsp3) is 0.250. The van der Waals surface area contributed by atoms with Crippen molar-refractivity contribution in [2.45, 2.75) is 0 Å². The molecule has 0 spiro atoms. The third-order valence-electron chi connectivity index (χ3n) is 1.83. The van der Waals surface area contributed by atoms with Crippen molar-refractivity contribution in [3.8, 4) is 0 Å². The summed E-state index contributed by atoms with van der Waals surface area (Å²) >= 11 is 0. The standard InChI is InChI=1S/C8H7BF2O2/c10-6-1-2-8(11)7(5-6)9-12-3-4-13-9/h1-2,5H,3-4H2. The molecule has 0 atom stereocenters. The zero-order chi connectivity index (χ0) is 9.26. The Morgan fingerprint density at radius 3 is 2.54 bits per heavy atom. The molecule has 0 aromatic heterocycles. The summed E-state index contributed by atoms with van der Waals surface area (Å²) in [5, 5.41) is 0. The monoisotopic (exact) mass is 184 g/mol. The van der Waals surface area contributed by atoms with E-state index in [1.54, 1.807) is 0 Å². The van der Waals surface area contributed by atoms with Crippen LogP contribution in [0.3, 0.4) is 0 Å². The van der Waals surface area contributed by atoms with Crippen LogP contribution in [0.1, 0.15) is 0 Å². The maximum absolute atomic E-state index is 13.1. The van der Waals surface area contributed by atoms with Gasteiger partial charge < -0.3 is 9.31 Å². The van der Waals surface area contributed by atoms with Gasteiger partial charge in [-0.15, -0.1) is 0 Å². The fourth-order valence-corrected chi connectivity index (χ4v) is 1.23. The highest BCUT2D eigenvalue weighted by molar-refractivity contribution is 6.61. The van der Waals surface area contributed by atoms with Crippen LogP contribution in [0.2, 0.25) is 0 Å². The van der Waals surface area contributed by atoms with Gasteiger partial charge >= 0.3 is 7.12 Å². The van der Waals surface area contributed by atoms with Gasteiger partial charge in [0.25, 0.3) is 0 Å². The average molecular weight is 184 g/mol. The second kappa shape index (κ2) is 3.43. The molecule has 68 valence electrons. The smallest absolute Gasteiger partial charge is 0.405 e. The Kier molecular flexibility index (Phi) is 2.29. The van der Waals surface area contributed by atoms with Crippen LogP contribution in [0.4, 0.5) is 8.78 Å². The van der Waals surface area contributed by atoms with Crippen molar-refractivity contribution in [2.24, 2.45) is 0 Å². The summed E-state index contributed by atoms with van der Waals surface area (Å²) in [6, 6.07) is 3.22. The predicted molar refractivity (Wildman–Crippen MR) is 43.7 cm³/mol. The normalized spacial score (nSPS) is 16.6. The van der Waals surface area contributed by atoms with E-state index in [0.29, 0.717) is 13.2 Å². The number of rotatable bonds is 1. The van der Waals surface area contributed by atoms with Crippen molar-refractivity contribution in [1.82, 2.24) is 0 Å². The SMILES string of the molecule is Fc1ccc(F)c(B2OCCO2)c1. The van der Waals surface area contributed by atoms with Crippen LogP contribution in [0, 0.1) is 11.6 Å². The van der Waals surface area contributed by atoms with Gasteiger partial charge in [-0.25, -0.2) is 8.78 Å². The Balaban J connectivity index is 2.32. The summed E-state index contributed by atoms with van der Waals surface area (Å²) < 4.78 is 35.9. The van der Waals surface area contributed by atoms with Crippen LogP contribution in [0.25, 0.3) is 0 Å². The molecule has 0 saturated carbocycles. The second-order valence-electron chi connectivity index (χ2n) is 2.74. The minimum Gasteiger partial charge on any atom is -0.405 e. The molecular weight excluding hydrogens is 177 g/mol. The molecular formula is C8H7BF2O2. The van der Waals surface area contributed by atoms with Gasteiger partial charge in [0, 0.05) is 5.46 Å². The topological polar surface area (TPSA) is 18.5 Å². The highest BCUT2D eigenvalue weighted by Gasteiger charge is 2.29. The van der Waals surface area contributed by atoms with Gasteiger partial charge in [0.1, 0.15) is 11.6 Å². The summed E-state index contributed by atoms with van der Waals surface area (Å²) in [6.45, 7) is 0.835. The zero-order valence-electron chi connectivity index (χ0n) is 6.80. The van der Waals surface area contributed by atoms with Crippen LogP contribution < -0.4 is 5.46 Å². The van der Waals surface area contributed by atoms with E-state index >= 15 is 0 Å². The molecule has 0 N–H and O–H groups in total. The lowest BCUT2D eigenvalue weighted by Crippen LogP contribution is -2.34. The molecule has 2 nitrogen and oxygen atoms in total. The second-order valence-corrected chi connectivity index (χ2v) is 2.74. The fourth-order valence-electron chi connectivity index (χ4n) is 1.23. The van der Waals surface area contributed by atoms with Crippen molar-refractivity contribution >= 4 is 12.6 Å². The Labute approximate surface area is 74.6 Å². The van der Waals surface area contributed by atoms with Crippen LogP contribution >= 0.6 is 0 Å². The van der Waals surface area contributed by atoms with Gasteiger partial charge in [-0.1, -0.05) is 0 Å². The van der Waals surface area contributed by atoms with E-state index in [-0.39, 0.29) is 5.46 Å². The van der Waals surface area contributed by atoms with Crippen LogP contribution in [0.5, 0.6) is 0 Å². The van der Waals surface area contributed by atoms with Crippen molar-refractivity contribution in [1.29, 1.82) is 0 Å². The van der Waals surface area contributed by atoms with Gasteiger partial charge in [-0.05, 0) is 18.2 Å². The number of benzene rings is 1. The lowest BCUT2D eigenvalue weighted by molar-refractivity contribution is 0.365. The van der Waals surface area contributed by atoms with Crippen LogP contribution in [0.15, 0.2) is 18.2 Å². The zero-order valence-corrected chi connectivity index (χ0v) is 6.80. The molecule has 5 heteroatoms. The van der Waals surface area contributed by atoms with Crippen molar-refractivity contribution < 1.29 is 18.1 Å². The van der Waals surface area contributed by atoms with Gasteiger partial charge in [0.15, 0.2) is 0 Å². The minimum atomic E-state index is -0.754. The van der Waals surface area contributed by atoms with E-state index in [9.17, 15) is 8.78 Å². The molecule has 1 heterocycles. The van der Waals surface area contributed by atoms with Crippen molar-refractivity contribution in [2.75, 3.05) is 13.2 Å². The van der Waals surface area contributed by atoms with E-state index in [0.717, 1.165) is 18.2 Å². The molecule has 1 aromatic carbocycles. The number of hydrogen-bond acceptors (Lipinski definition) is 2. The maximum Gasteiger partial charge on any atom is 0.497 e. The molecule has 0 radical (unpaired) electrons. The summed E-state index contributed by atoms with van der Waals surface area (Å²) in [6.07, 6.45) is 0. The Morgan fingerprint density at radius 2 is 1.85 bits per heavy atom. The quantitative estimate of drug-likeness (QED) is 0.598. The van der Waals surface area contributed by atoms with Gasteiger partial charge in [-0.2, -0.15) is 0 Å². The number of hydrogen-bond donors (Lipinski definition) is 0. The largest absolute Gasteiger partial charge is 0.497 e. The van der Waals surface area contributed by atoms with Crippen LogP contribution in [-0.2, 0) is 9.31 Å². The highest BCUT2D eigenvalue weighted by atomic mass is 19.1. The molecule has 0 unspecified atom stereocenters. The summed E-state index contributed by atoms with van der Waals surface area (Å²) in [7, 11) is -0.754. The molecule has 1 fully saturated rings. The third-order valence-corrected chi connectivity index (χ3v) is 1.83. The molecule has 1 saturated heterocycles. The first-order chi connectivity index (χ1) is 6.27. The third kappa shape index (κ3) is 1.71. The molecule has 0 amide bonds. The van der Waals surface area contributed by atoms with Crippen molar-refractivity contribution in [3.05, 3.63) is 29.8 Å². The average Bonchev–Trinajstić information content (AvgIpc) is 2.61. The lowest BCUT2D eigenvalue weighted by atomic mass is 9.79. The van der Waals surface area contributed by atoms with Gasteiger partial charge in [-0.3, -0.25) is 0 Å². The molecule has 0 bridgehead atoms. The Hall–Kier alpha value is -0.935. The van der Waals surface area contributed by atoms with E-state index in [1.165, 1.54) is 0 Å².